The summed E-state index contributed by atoms with van der Waals surface area (Å²) in [4.78, 5) is 44.0. The maximum Gasteiger partial charge on any atom is 0.291 e. The fraction of sp³-hybridized carbons (Fsp3) is 0.273. The summed E-state index contributed by atoms with van der Waals surface area (Å²) in [7, 11) is 1.58. The zero-order valence-corrected chi connectivity index (χ0v) is 17.3. The fourth-order valence-electron chi connectivity index (χ4n) is 3.86. The van der Waals surface area contributed by atoms with Gasteiger partial charge in [-0.05, 0) is 29.1 Å². The van der Waals surface area contributed by atoms with Crippen LogP contribution in [-0.2, 0) is 16.1 Å². The fourth-order valence-corrected chi connectivity index (χ4v) is 4.56. The molecule has 0 radical (unpaired) electrons. The van der Waals surface area contributed by atoms with Gasteiger partial charge in [0.05, 0.1) is 24.6 Å². The number of ether oxygens (including phenoxy) is 1. The highest BCUT2D eigenvalue weighted by atomic mass is 32.1. The summed E-state index contributed by atoms with van der Waals surface area (Å²) in [5.74, 6) is -1.89. The van der Waals surface area contributed by atoms with E-state index in [9.17, 15) is 14.4 Å². The third kappa shape index (κ3) is 3.78. The molecule has 1 N–H and O–H groups in total. The number of Topliss-reactive ketones (excluding diaryl/α,β-unsaturated/α-hetero) is 2. The molecule has 1 aromatic carbocycles. The molecule has 0 spiro atoms. The first-order valence-corrected chi connectivity index (χ1v) is 10.6. The van der Waals surface area contributed by atoms with E-state index in [2.05, 4.69) is 4.98 Å². The highest BCUT2D eigenvalue weighted by Gasteiger charge is 2.51. The molecule has 1 aliphatic heterocycles. The van der Waals surface area contributed by atoms with Crippen LogP contribution >= 0.6 is 11.3 Å². The SMILES string of the molecule is COc1ccc(C2C(C(=O)c3cccs3)C(=O)C(=O)N2CCC[n+]2cc[nH]c2)cc1. The van der Waals surface area contributed by atoms with E-state index in [4.69, 9.17) is 4.74 Å². The van der Waals surface area contributed by atoms with Crippen molar-refractivity contribution in [3.05, 3.63) is 70.9 Å². The van der Waals surface area contributed by atoms with Gasteiger partial charge in [-0.1, -0.05) is 18.2 Å². The van der Waals surface area contributed by atoms with Crippen LogP contribution in [0.4, 0.5) is 0 Å². The standard InChI is InChI=1S/C22H21N3O4S/c1-29-16-7-5-15(6-8-16)19-18(20(26)17-4-2-13-30-17)21(27)22(28)25(19)11-3-10-24-12-9-23-14-24/h2,4-9,12-14,18-19H,3,10-11H2,1H3/p+1. The van der Waals surface area contributed by atoms with E-state index in [1.807, 2.05) is 35.4 Å². The highest BCUT2D eigenvalue weighted by molar-refractivity contribution is 7.12. The number of rotatable bonds is 8. The number of imidazole rings is 1. The van der Waals surface area contributed by atoms with Crippen LogP contribution in [0.5, 0.6) is 5.75 Å². The van der Waals surface area contributed by atoms with Crippen LogP contribution in [0.15, 0.2) is 60.5 Å². The van der Waals surface area contributed by atoms with Gasteiger partial charge in [-0.25, -0.2) is 4.57 Å². The summed E-state index contributed by atoms with van der Waals surface area (Å²) in [6, 6.07) is 10.0. The van der Waals surface area contributed by atoms with Crippen LogP contribution in [0.1, 0.15) is 27.7 Å². The van der Waals surface area contributed by atoms with Gasteiger partial charge in [0.25, 0.3) is 5.91 Å². The second-order valence-electron chi connectivity index (χ2n) is 7.10. The maximum atomic E-state index is 13.2. The van der Waals surface area contributed by atoms with Gasteiger partial charge >= 0.3 is 0 Å². The number of carbonyl (C=O) groups is 3. The molecule has 2 atom stereocenters. The zero-order valence-electron chi connectivity index (χ0n) is 16.5. The summed E-state index contributed by atoms with van der Waals surface area (Å²) in [5, 5.41) is 1.79. The van der Waals surface area contributed by atoms with E-state index in [0.29, 0.717) is 30.1 Å². The number of likely N-dealkylation sites (tertiary alicyclic amines) is 1. The van der Waals surface area contributed by atoms with E-state index in [1.165, 1.54) is 11.3 Å². The lowest BCUT2D eigenvalue weighted by atomic mass is 9.88. The first-order chi connectivity index (χ1) is 14.6. The summed E-state index contributed by atoms with van der Waals surface area (Å²) in [6.45, 7) is 1.08. The number of ketones is 2. The first kappa shape index (κ1) is 20.0. The number of H-pyrrole nitrogens is 1. The van der Waals surface area contributed by atoms with Crippen LogP contribution in [0.2, 0.25) is 0 Å². The number of hydrogen-bond donors (Lipinski definition) is 1. The molecule has 154 valence electrons. The Bertz CT molecular complexity index is 1030. The number of aromatic nitrogens is 2. The molecule has 3 heterocycles. The Labute approximate surface area is 177 Å². The van der Waals surface area contributed by atoms with Gasteiger partial charge in [-0.3, -0.25) is 19.4 Å². The summed E-state index contributed by atoms with van der Waals surface area (Å²) >= 11 is 1.28. The summed E-state index contributed by atoms with van der Waals surface area (Å²) in [6.07, 6.45) is 6.22. The molecule has 30 heavy (non-hydrogen) atoms. The minimum absolute atomic E-state index is 0.299. The Morgan fingerprint density at radius 1 is 1.23 bits per heavy atom. The monoisotopic (exact) mass is 424 g/mol. The number of benzene rings is 1. The second-order valence-corrected chi connectivity index (χ2v) is 8.05. The molecule has 4 rings (SSSR count). The molecule has 1 aliphatic rings. The molecule has 3 aromatic rings. The number of nitrogens with zero attached hydrogens (tertiary/aromatic N) is 2. The molecule has 1 saturated heterocycles. The lowest BCUT2D eigenvalue weighted by Gasteiger charge is -2.27. The van der Waals surface area contributed by atoms with Gasteiger partial charge in [0.2, 0.25) is 12.1 Å². The van der Waals surface area contributed by atoms with Crippen molar-refractivity contribution < 1.29 is 23.7 Å². The van der Waals surface area contributed by atoms with Gasteiger partial charge in [0, 0.05) is 13.0 Å². The molecule has 8 heteroatoms. The van der Waals surface area contributed by atoms with Crippen molar-refractivity contribution in [2.75, 3.05) is 13.7 Å². The maximum absolute atomic E-state index is 13.2. The average molecular weight is 425 g/mol. The Balaban J connectivity index is 1.64. The van der Waals surface area contributed by atoms with Gasteiger partial charge in [-0.2, -0.15) is 0 Å². The zero-order chi connectivity index (χ0) is 21.1. The quantitative estimate of drug-likeness (QED) is 0.261. The number of hydrogen-bond acceptors (Lipinski definition) is 5. The van der Waals surface area contributed by atoms with Crippen LogP contribution in [0.3, 0.4) is 0 Å². The summed E-state index contributed by atoms with van der Waals surface area (Å²) in [5.41, 5.74) is 0.749. The number of carbonyl (C=O) groups excluding carboxylic acids is 3. The van der Waals surface area contributed by atoms with Gasteiger partial charge < -0.3 is 9.64 Å². The normalized spacial score (nSPS) is 18.8. The van der Waals surface area contributed by atoms with Crippen molar-refractivity contribution in [3.63, 3.8) is 0 Å². The Morgan fingerprint density at radius 2 is 2.03 bits per heavy atom. The van der Waals surface area contributed by atoms with Crippen molar-refractivity contribution in [1.29, 1.82) is 0 Å². The van der Waals surface area contributed by atoms with Crippen molar-refractivity contribution >= 4 is 28.8 Å². The van der Waals surface area contributed by atoms with Crippen molar-refractivity contribution in [2.24, 2.45) is 5.92 Å². The van der Waals surface area contributed by atoms with E-state index in [-0.39, 0.29) is 5.78 Å². The number of thiophene rings is 1. The van der Waals surface area contributed by atoms with Gasteiger partial charge in [0.1, 0.15) is 24.1 Å². The van der Waals surface area contributed by atoms with Crippen molar-refractivity contribution in [3.8, 4) is 5.75 Å². The molecule has 2 unspecified atom stereocenters. The second kappa shape index (κ2) is 8.62. The Kier molecular flexibility index (Phi) is 5.76. The molecular weight excluding hydrogens is 402 g/mol. The molecule has 2 aromatic heterocycles. The van der Waals surface area contributed by atoms with E-state index >= 15 is 0 Å². The average Bonchev–Trinajstić information content (AvgIpc) is 3.52. The molecule has 0 aliphatic carbocycles. The third-order valence-electron chi connectivity index (χ3n) is 5.33. The number of aromatic amines is 1. The molecular formula is C22H22N3O4S+. The first-order valence-electron chi connectivity index (χ1n) is 9.68. The predicted molar refractivity (Wildman–Crippen MR) is 110 cm³/mol. The summed E-state index contributed by atoms with van der Waals surface area (Å²) < 4.78 is 7.19. The lowest BCUT2D eigenvalue weighted by molar-refractivity contribution is -0.695. The Morgan fingerprint density at radius 3 is 2.67 bits per heavy atom. The third-order valence-corrected chi connectivity index (χ3v) is 6.21. The number of nitrogens with one attached hydrogen (secondary N) is 1. The minimum atomic E-state index is -1.04. The van der Waals surface area contributed by atoms with Crippen LogP contribution < -0.4 is 9.30 Å². The van der Waals surface area contributed by atoms with Crippen LogP contribution in [0.25, 0.3) is 0 Å². The molecule has 0 bridgehead atoms. The minimum Gasteiger partial charge on any atom is -0.497 e. The van der Waals surface area contributed by atoms with E-state index in [1.54, 1.807) is 41.7 Å². The Hall–Kier alpha value is -3.26. The largest absolute Gasteiger partial charge is 0.497 e. The van der Waals surface area contributed by atoms with E-state index < -0.39 is 23.7 Å². The number of amides is 1. The topological polar surface area (TPSA) is 83.3 Å². The predicted octanol–water partition coefficient (Wildman–Crippen LogP) is 2.41. The lowest BCUT2D eigenvalue weighted by Crippen LogP contribution is -2.36. The van der Waals surface area contributed by atoms with Crippen LogP contribution in [0, 0.1) is 5.92 Å². The molecule has 0 saturated carbocycles. The molecule has 1 amide bonds. The number of aryl methyl sites for hydroxylation is 1. The molecule has 7 nitrogen and oxygen atoms in total. The van der Waals surface area contributed by atoms with Gasteiger partial charge in [-0.15, -0.1) is 11.3 Å². The van der Waals surface area contributed by atoms with Crippen molar-refractivity contribution in [1.82, 2.24) is 9.88 Å². The van der Waals surface area contributed by atoms with Crippen LogP contribution in [-0.4, -0.2) is 41.0 Å². The van der Waals surface area contributed by atoms with Gasteiger partial charge in [0.15, 0.2) is 5.78 Å². The highest BCUT2D eigenvalue weighted by Crippen LogP contribution is 2.39. The molecule has 1 fully saturated rings. The smallest absolute Gasteiger partial charge is 0.291 e. The number of methoxy groups -OCH3 is 1. The van der Waals surface area contributed by atoms with E-state index in [0.717, 1.165) is 5.56 Å². The van der Waals surface area contributed by atoms with Crippen molar-refractivity contribution in [2.45, 2.75) is 19.0 Å².